The van der Waals surface area contributed by atoms with Gasteiger partial charge < -0.3 is 15.1 Å². The summed E-state index contributed by atoms with van der Waals surface area (Å²) in [7, 11) is 0. The Labute approximate surface area is 207 Å². The van der Waals surface area contributed by atoms with Gasteiger partial charge in [-0.15, -0.1) is 5.10 Å². The molecule has 0 bridgehead atoms. The normalized spacial score (nSPS) is 13.9. The average Bonchev–Trinajstić information content (AvgIpc) is 3.17. The molecular formula is C25H26ClN7O2. The van der Waals surface area contributed by atoms with E-state index in [1.54, 1.807) is 24.5 Å². The topological polar surface area (TPSA) is 87.8 Å². The fourth-order valence-electron chi connectivity index (χ4n) is 4.35. The number of amides is 1. The van der Waals surface area contributed by atoms with Crippen LogP contribution in [0.3, 0.4) is 0 Å². The Morgan fingerprint density at radius 3 is 2.51 bits per heavy atom. The van der Waals surface area contributed by atoms with Gasteiger partial charge in [-0.05, 0) is 43.2 Å². The number of anilines is 3. The number of fused-ring (bicyclic) bond motifs is 1. The number of rotatable bonds is 5. The van der Waals surface area contributed by atoms with Crippen molar-refractivity contribution in [1.82, 2.24) is 19.2 Å². The second-order valence-electron chi connectivity index (χ2n) is 8.66. The second-order valence-corrected chi connectivity index (χ2v) is 9.06. The molecule has 3 heterocycles. The standard InChI is InChI=1S/C25H26ClN7O2/c1-17-7-8-19(15-20(17)26)28-22(34)16-33-25(35)32-10-9-27-23(24(32)29-33)31-13-11-30(12-14-31)21-6-4-3-5-18(21)2/h3-10,15H,11-14,16H2,1-2H3,(H,28,34). The largest absolute Gasteiger partial charge is 0.368 e. The van der Waals surface area contributed by atoms with E-state index in [-0.39, 0.29) is 18.1 Å². The van der Waals surface area contributed by atoms with Gasteiger partial charge in [0, 0.05) is 55.0 Å². The van der Waals surface area contributed by atoms with Crippen LogP contribution in [0.5, 0.6) is 0 Å². The molecule has 0 spiro atoms. The number of nitrogens with zero attached hydrogens (tertiary/aromatic N) is 6. The van der Waals surface area contributed by atoms with Crippen LogP contribution in [0.25, 0.3) is 5.65 Å². The highest BCUT2D eigenvalue weighted by molar-refractivity contribution is 6.31. The summed E-state index contributed by atoms with van der Waals surface area (Å²) in [6.07, 6.45) is 3.17. The predicted octanol–water partition coefficient (Wildman–Crippen LogP) is 3.13. The summed E-state index contributed by atoms with van der Waals surface area (Å²) in [4.78, 5) is 34.5. The van der Waals surface area contributed by atoms with Crippen molar-refractivity contribution in [2.24, 2.45) is 0 Å². The molecular weight excluding hydrogens is 466 g/mol. The minimum absolute atomic E-state index is 0.216. The Balaban J connectivity index is 1.33. The number of halogens is 1. The van der Waals surface area contributed by atoms with Gasteiger partial charge in [-0.1, -0.05) is 35.9 Å². The van der Waals surface area contributed by atoms with Crippen molar-refractivity contribution in [1.29, 1.82) is 0 Å². The number of aryl methyl sites for hydroxylation is 2. The Morgan fingerprint density at radius 1 is 1.03 bits per heavy atom. The number of benzene rings is 2. The molecule has 0 aliphatic carbocycles. The zero-order valence-electron chi connectivity index (χ0n) is 19.6. The summed E-state index contributed by atoms with van der Waals surface area (Å²) in [5.74, 6) is 0.273. The van der Waals surface area contributed by atoms with Gasteiger partial charge in [0.15, 0.2) is 5.82 Å². The maximum Gasteiger partial charge on any atom is 0.350 e. The maximum absolute atomic E-state index is 12.9. The van der Waals surface area contributed by atoms with Gasteiger partial charge in [0.05, 0.1) is 0 Å². The van der Waals surface area contributed by atoms with Crippen LogP contribution < -0.4 is 20.8 Å². The summed E-state index contributed by atoms with van der Waals surface area (Å²) in [5.41, 5.74) is 4.02. The monoisotopic (exact) mass is 491 g/mol. The van der Waals surface area contributed by atoms with Crippen LogP contribution in [0.1, 0.15) is 11.1 Å². The van der Waals surface area contributed by atoms with Crippen molar-refractivity contribution < 1.29 is 4.79 Å². The molecule has 1 N–H and O–H groups in total. The predicted molar refractivity (Wildman–Crippen MR) is 138 cm³/mol. The van der Waals surface area contributed by atoms with Gasteiger partial charge >= 0.3 is 5.69 Å². The molecule has 35 heavy (non-hydrogen) atoms. The van der Waals surface area contributed by atoms with Gasteiger partial charge in [0.1, 0.15) is 6.54 Å². The quantitative estimate of drug-likeness (QED) is 0.461. The van der Waals surface area contributed by atoms with Gasteiger partial charge in [-0.2, -0.15) is 0 Å². The zero-order chi connectivity index (χ0) is 24.5. The fourth-order valence-corrected chi connectivity index (χ4v) is 4.53. The first-order valence-electron chi connectivity index (χ1n) is 11.5. The summed E-state index contributed by atoms with van der Waals surface area (Å²) >= 11 is 6.14. The average molecular weight is 492 g/mol. The summed E-state index contributed by atoms with van der Waals surface area (Å²) < 4.78 is 2.60. The maximum atomic E-state index is 12.9. The number of hydrogen-bond donors (Lipinski definition) is 1. The molecule has 1 amide bonds. The van der Waals surface area contributed by atoms with E-state index in [9.17, 15) is 9.59 Å². The smallest absolute Gasteiger partial charge is 0.350 e. The third-order valence-corrected chi connectivity index (χ3v) is 6.67. The van der Waals surface area contributed by atoms with Crippen LogP contribution in [0.2, 0.25) is 5.02 Å². The Hall–Kier alpha value is -3.85. The van der Waals surface area contributed by atoms with E-state index in [2.05, 4.69) is 50.3 Å². The lowest BCUT2D eigenvalue weighted by Crippen LogP contribution is -2.47. The van der Waals surface area contributed by atoms with Crippen LogP contribution >= 0.6 is 11.6 Å². The van der Waals surface area contributed by atoms with Crippen molar-refractivity contribution >= 4 is 40.3 Å². The van der Waals surface area contributed by atoms with E-state index in [0.29, 0.717) is 22.2 Å². The molecule has 9 nitrogen and oxygen atoms in total. The number of carbonyl (C=O) groups excluding carboxylic acids is 1. The van der Waals surface area contributed by atoms with E-state index in [4.69, 9.17) is 11.6 Å². The fraction of sp³-hybridized carbons (Fsp3) is 0.280. The van der Waals surface area contributed by atoms with E-state index >= 15 is 0 Å². The third-order valence-electron chi connectivity index (χ3n) is 6.27. The van der Waals surface area contributed by atoms with Crippen molar-refractivity contribution in [3.05, 3.63) is 81.5 Å². The van der Waals surface area contributed by atoms with Gasteiger partial charge in [-0.3, -0.25) is 4.79 Å². The number of para-hydroxylation sites is 1. The number of hydrogen-bond acceptors (Lipinski definition) is 6. The first-order chi connectivity index (χ1) is 16.9. The summed E-state index contributed by atoms with van der Waals surface area (Å²) in [6, 6.07) is 13.6. The van der Waals surface area contributed by atoms with Crippen molar-refractivity contribution in [3.8, 4) is 0 Å². The Bertz CT molecular complexity index is 1450. The Morgan fingerprint density at radius 2 is 1.77 bits per heavy atom. The van der Waals surface area contributed by atoms with Crippen molar-refractivity contribution in [3.63, 3.8) is 0 Å². The van der Waals surface area contributed by atoms with Crippen LogP contribution in [-0.2, 0) is 11.3 Å². The molecule has 1 aliphatic heterocycles. The van der Waals surface area contributed by atoms with Crippen molar-refractivity contribution in [2.45, 2.75) is 20.4 Å². The highest BCUT2D eigenvalue weighted by atomic mass is 35.5. The highest BCUT2D eigenvalue weighted by Crippen LogP contribution is 2.24. The van der Waals surface area contributed by atoms with Crippen LogP contribution in [0, 0.1) is 13.8 Å². The second kappa shape index (κ2) is 9.42. The number of aromatic nitrogens is 4. The zero-order valence-corrected chi connectivity index (χ0v) is 20.4. The molecule has 0 radical (unpaired) electrons. The molecule has 0 atom stereocenters. The molecule has 10 heteroatoms. The van der Waals surface area contributed by atoms with Gasteiger partial charge in [0.25, 0.3) is 0 Å². The van der Waals surface area contributed by atoms with Gasteiger partial charge in [0.2, 0.25) is 11.6 Å². The lowest BCUT2D eigenvalue weighted by atomic mass is 10.1. The minimum Gasteiger partial charge on any atom is -0.368 e. The minimum atomic E-state index is -0.390. The molecule has 5 rings (SSSR count). The summed E-state index contributed by atoms with van der Waals surface area (Å²) in [5, 5.41) is 7.78. The lowest BCUT2D eigenvalue weighted by Gasteiger charge is -2.37. The number of carbonyl (C=O) groups is 1. The molecule has 0 unspecified atom stereocenters. The molecule has 1 saturated heterocycles. The molecule has 0 saturated carbocycles. The number of nitrogens with one attached hydrogen (secondary N) is 1. The van der Waals surface area contributed by atoms with E-state index < -0.39 is 0 Å². The van der Waals surface area contributed by atoms with Crippen LogP contribution in [0.15, 0.2) is 59.7 Å². The van der Waals surface area contributed by atoms with Crippen LogP contribution in [-0.4, -0.2) is 51.3 Å². The van der Waals surface area contributed by atoms with Crippen molar-refractivity contribution in [2.75, 3.05) is 41.3 Å². The molecule has 1 aliphatic rings. The number of piperazine rings is 1. The van der Waals surface area contributed by atoms with Crippen LogP contribution in [0.4, 0.5) is 17.2 Å². The molecule has 2 aromatic carbocycles. The lowest BCUT2D eigenvalue weighted by molar-refractivity contribution is -0.117. The third kappa shape index (κ3) is 4.59. The molecule has 180 valence electrons. The van der Waals surface area contributed by atoms with E-state index in [0.717, 1.165) is 36.4 Å². The molecule has 4 aromatic rings. The molecule has 1 fully saturated rings. The van der Waals surface area contributed by atoms with E-state index in [1.807, 2.05) is 19.1 Å². The summed E-state index contributed by atoms with van der Waals surface area (Å²) in [6.45, 7) is 6.95. The Kier molecular flexibility index (Phi) is 6.17. The SMILES string of the molecule is Cc1ccc(NC(=O)Cn2nc3c(N4CCN(c5ccccc5C)CC4)nccn3c2=O)cc1Cl. The first kappa shape index (κ1) is 22.9. The van der Waals surface area contributed by atoms with E-state index in [1.165, 1.54) is 15.7 Å². The first-order valence-corrected chi connectivity index (χ1v) is 11.8. The molecule has 2 aromatic heterocycles. The van der Waals surface area contributed by atoms with Gasteiger partial charge in [-0.25, -0.2) is 18.9 Å². The highest BCUT2D eigenvalue weighted by Gasteiger charge is 2.23.